The molecule has 0 heterocycles. The van der Waals surface area contributed by atoms with Gasteiger partial charge in [-0.1, -0.05) is 93.5 Å². The molecule has 1 aromatic rings. The topological polar surface area (TPSA) is 77.9 Å². The van der Waals surface area contributed by atoms with Crippen LogP contribution in [0.4, 0.5) is 14.8 Å². The fourth-order valence-corrected chi connectivity index (χ4v) is 3.15. The Kier molecular flexibility index (Phi) is 26.6. The molecule has 0 fully saturated rings. The Balaban J connectivity index is 0. The molecule has 0 spiro atoms. The smallest absolute Gasteiger partial charge is 0.228 e. The van der Waals surface area contributed by atoms with Crippen molar-refractivity contribution in [2.75, 3.05) is 18.4 Å². The molecular formula is C34H47F2N5O. The molecular weight excluding hydrogens is 532 g/mol. The van der Waals surface area contributed by atoms with Crippen LogP contribution in [0.1, 0.15) is 39.2 Å². The first-order valence-corrected chi connectivity index (χ1v) is 13.7. The number of nitrogens with one attached hydrogen (secondary N) is 3. The first kappa shape index (κ1) is 39.7. The third kappa shape index (κ3) is 21.4. The van der Waals surface area contributed by atoms with Crippen LogP contribution in [-0.2, 0) is 11.2 Å². The van der Waals surface area contributed by atoms with E-state index in [1.807, 2.05) is 55.5 Å². The zero-order valence-electron chi connectivity index (χ0n) is 25.1. The van der Waals surface area contributed by atoms with Crippen molar-refractivity contribution in [2.24, 2.45) is 9.98 Å². The van der Waals surface area contributed by atoms with Crippen molar-refractivity contribution >= 4 is 24.4 Å². The third-order valence-corrected chi connectivity index (χ3v) is 5.28. The lowest BCUT2D eigenvalue weighted by atomic mass is 10.1. The summed E-state index contributed by atoms with van der Waals surface area (Å²) in [6.45, 7) is 18.2. The fourth-order valence-electron chi connectivity index (χ4n) is 3.15. The summed E-state index contributed by atoms with van der Waals surface area (Å²) in [4.78, 5) is 18.9. The van der Waals surface area contributed by atoms with E-state index in [1.165, 1.54) is 24.9 Å². The molecule has 1 aromatic carbocycles. The molecule has 0 aromatic heterocycles. The number of amides is 1. The molecule has 8 heteroatoms. The summed E-state index contributed by atoms with van der Waals surface area (Å²) in [5.41, 5.74) is 3.63. The molecule has 1 atom stereocenters. The molecule has 3 N–H and O–H groups in total. The van der Waals surface area contributed by atoms with Gasteiger partial charge in [0.2, 0.25) is 12.4 Å². The van der Waals surface area contributed by atoms with E-state index in [-0.39, 0.29) is 4.70 Å². The van der Waals surface area contributed by atoms with Crippen molar-refractivity contribution in [1.82, 2.24) is 10.6 Å². The minimum Gasteiger partial charge on any atom is -0.324 e. The number of nitrogens with zero attached hydrogens (tertiary/aromatic N) is 2. The second-order valence-corrected chi connectivity index (χ2v) is 8.57. The van der Waals surface area contributed by atoms with Crippen LogP contribution < -0.4 is 16.0 Å². The SMILES string of the molecule is C=C/C(C)=C(\C=C)C(C)F.C=C\C=C/C=C/C=C/C=C/N=C(N=CNC=O)Nc1ccc(CCCNCCC)cc1.F. The molecule has 0 saturated heterocycles. The zero-order chi connectivity index (χ0) is 30.6. The Morgan fingerprint density at radius 1 is 0.976 bits per heavy atom. The Bertz CT molecular complexity index is 1110. The molecule has 42 heavy (non-hydrogen) atoms. The number of anilines is 1. The van der Waals surface area contributed by atoms with Crippen LogP contribution >= 0.6 is 0 Å². The summed E-state index contributed by atoms with van der Waals surface area (Å²) in [5.74, 6) is 0.361. The van der Waals surface area contributed by atoms with Crippen molar-refractivity contribution < 1.29 is 13.9 Å². The van der Waals surface area contributed by atoms with Crippen LogP contribution in [0.2, 0.25) is 0 Å². The van der Waals surface area contributed by atoms with E-state index in [9.17, 15) is 9.18 Å². The molecule has 0 aliphatic carbocycles. The highest BCUT2D eigenvalue weighted by Crippen LogP contribution is 2.13. The number of alkyl halides is 1. The summed E-state index contributed by atoms with van der Waals surface area (Å²) in [6.07, 6.45) is 23.8. The second kappa shape index (κ2) is 28.1. The van der Waals surface area contributed by atoms with Gasteiger partial charge in [0.05, 0.1) is 6.34 Å². The molecule has 0 aliphatic heterocycles. The lowest BCUT2D eigenvalue weighted by Gasteiger charge is -2.07. The number of hydrogen-bond donors (Lipinski definition) is 3. The molecule has 1 unspecified atom stereocenters. The van der Waals surface area contributed by atoms with Crippen LogP contribution in [0.3, 0.4) is 0 Å². The molecule has 1 amide bonds. The summed E-state index contributed by atoms with van der Waals surface area (Å²) in [6, 6.07) is 8.19. The van der Waals surface area contributed by atoms with E-state index in [4.69, 9.17) is 0 Å². The Labute approximate surface area is 251 Å². The van der Waals surface area contributed by atoms with Crippen molar-refractivity contribution in [3.05, 3.63) is 128 Å². The highest BCUT2D eigenvalue weighted by molar-refractivity contribution is 5.99. The highest BCUT2D eigenvalue weighted by atomic mass is 19.1. The van der Waals surface area contributed by atoms with E-state index in [2.05, 4.69) is 64.7 Å². The number of halogens is 2. The Morgan fingerprint density at radius 3 is 2.14 bits per heavy atom. The van der Waals surface area contributed by atoms with Crippen molar-refractivity contribution in [1.29, 1.82) is 0 Å². The number of benzene rings is 1. The van der Waals surface area contributed by atoms with E-state index in [0.29, 0.717) is 17.9 Å². The summed E-state index contributed by atoms with van der Waals surface area (Å²) in [7, 11) is 0. The molecule has 0 aliphatic rings. The average molecular weight is 580 g/mol. The van der Waals surface area contributed by atoms with Crippen molar-refractivity contribution in [3.8, 4) is 0 Å². The monoisotopic (exact) mass is 579 g/mol. The molecule has 0 bridgehead atoms. The van der Waals surface area contributed by atoms with Crippen molar-refractivity contribution in [3.63, 3.8) is 0 Å². The number of hydrogen-bond acceptors (Lipinski definition) is 3. The van der Waals surface area contributed by atoms with E-state index in [1.54, 1.807) is 24.4 Å². The number of aryl methyl sites for hydroxylation is 1. The standard InChI is InChI=1S/C25H33N5O.C9H13F.FH/c1-3-5-6-7-8-9-10-11-20-28-25(29-21-27-22-31)30-24-16-14-23(15-17-24)13-12-19-26-18-4-2;1-5-7(3)9(6-2)8(4)10;/h3,5-11,14-17,20-22,26H,1,4,12-13,18-19H2,2H3,(H2,27,28,29,30,31);5-6,8H,1-2H2,3-4H3;1H/b6-5-,8-7+,10-9+,20-11+;9-7+;. The van der Waals surface area contributed by atoms with Gasteiger partial charge in [0.15, 0.2) is 0 Å². The van der Waals surface area contributed by atoms with Crippen LogP contribution in [0.5, 0.6) is 0 Å². The van der Waals surface area contributed by atoms with Gasteiger partial charge < -0.3 is 16.0 Å². The maximum atomic E-state index is 12.6. The van der Waals surface area contributed by atoms with Gasteiger partial charge in [-0.3, -0.25) is 9.50 Å². The van der Waals surface area contributed by atoms with Crippen LogP contribution in [-0.4, -0.2) is 38.0 Å². The van der Waals surface area contributed by atoms with E-state index >= 15 is 0 Å². The number of guanidine groups is 1. The average Bonchev–Trinajstić information content (AvgIpc) is 2.97. The summed E-state index contributed by atoms with van der Waals surface area (Å²) >= 11 is 0. The van der Waals surface area contributed by atoms with Gasteiger partial charge in [0.1, 0.15) is 6.17 Å². The molecule has 0 saturated carbocycles. The quantitative estimate of drug-likeness (QED) is 0.0581. The lowest BCUT2D eigenvalue weighted by molar-refractivity contribution is -0.108. The predicted octanol–water partition coefficient (Wildman–Crippen LogP) is 7.71. The maximum absolute atomic E-state index is 12.6. The molecule has 6 nitrogen and oxygen atoms in total. The van der Waals surface area contributed by atoms with E-state index < -0.39 is 6.17 Å². The fraction of sp³-hybridized carbons (Fsp3) is 0.265. The number of carbonyl (C=O) groups is 1. The third-order valence-electron chi connectivity index (χ3n) is 5.28. The van der Waals surface area contributed by atoms with Gasteiger partial charge in [-0.25, -0.2) is 14.4 Å². The predicted molar refractivity (Wildman–Crippen MR) is 180 cm³/mol. The molecule has 0 radical (unpaired) electrons. The van der Waals surface area contributed by atoms with Gasteiger partial charge in [-0.05, 0) is 81.1 Å². The molecule has 228 valence electrons. The first-order valence-electron chi connectivity index (χ1n) is 13.7. The van der Waals surface area contributed by atoms with Gasteiger partial charge in [0, 0.05) is 11.9 Å². The second-order valence-electron chi connectivity index (χ2n) is 8.57. The first-order chi connectivity index (χ1) is 19.9. The summed E-state index contributed by atoms with van der Waals surface area (Å²) < 4.78 is 12.6. The largest absolute Gasteiger partial charge is 0.324 e. The number of rotatable bonds is 17. The Hall–Kier alpha value is -4.43. The van der Waals surface area contributed by atoms with Crippen molar-refractivity contribution in [2.45, 2.75) is 46.2 Å². The minimum absolute atomic E-state index is 0. The van der Waals surface area contributed by atoms with Gasteiger partial charge in [-0.2, -0.15) is 0 Å². The lowest BCUT2D eigenvalue weighted by Crippen LogP contribution is -2.16. The van der Waals surface area contributed by atoms with Crippen LogP contribution in [0.15, 0.2) is 132 Å². The Morgan fingerprint density at radius 2 is 1.62 bits per heavy atom. The number of allylic oxidation sites excluding steroid dienone is 12. The van der Waals surface area contributed by atoms with Crippen LogP contribution in [0, 0.1) is 0 Å². The minimum atomic E-state index is -0.949. The number of carbonyl (C=O) groups excluding carboxylic acids is 1. The van der Waals surface area contributed by atoms with Gasteiger partial charge in [0.25, 0.3) is 0 Å². The summed E-state index contributed by atoms with van der Waals surface area (Å²) in [5, 5.41) is 8.95. The van der Waals surface area contributed by atoms with Gasteiger partial charge in [-0.15, -0.1) is 0 Å². The number of aliphatic imine (C=N–C) groups is 2. The normalized spacial score (nSPS) is 13.0. The van der Waals surface area contributed by atoms with E-state index in [0.717, 1.165) is 43.6 Å². The van der Waals surface area contributed by atoms with Crippen LogP contribution in [0.25, 0.3) is 0 Å². The highest BCUT2D eigenvalue weighted by Gasteiger charge is 2.03. The van der Waals surface area contributed by atoms with Gasteiger partial charge >= 0.3 is 0 Å². The molecule has 1 rings (SSSR count). The zero-order valence-corrected chi connectivity index (χ0v) is 25.1. The maximum Gasteiger partial charge on any atom is 0.228 e.